The van der Waals surface area contributed by atoms with Crippen molar-refractivity contribution < 1.29 is 14.3 Å². The number of rotatable bonds is 7. The van der Waals surface area contributed by atoms with Crippen molar-refractivity contribution in [1.82, 2.24) is 24.7 Å². The van der Waals surface area contributed by atoms with Crippen LogP contribution >= 0.6 is 0 Å². The Morgan fingerprint density at radius 2 is 2.00 bits per heavy atom. The zero-order valence-corrected chi connectivity index (χ0v) is 13.7. The van der Waals surface area contributed by atoms with Crippen molar-refractivity contribution in [2.45, 2.75) is 13.7 Å². The van der Waals surface area contributed by atoms with Crippen molar-refractivity contribution in [2.24, 2.45) is 0 Å². The summed E-state index contributed by atoms with van der Waals surface area (Å²) in [4.78, 5) is 23.6. The molecule has 0 saturated heterocycles. The fraction of sp³-hybridized carbons (Fsp3) is 0.235. The number of carbonyl (C=O) groups is 1. The third kappa shape index (κ3) is 4.45. The third-order valence-electron chi connectivity index (χ3n) is 3.24. The van der Waals surface area contributed by atoms with Crippen LogP contribution in [0.5, 0.6) is 0 Å². The van der Waals surface area contributed by atoms with Gasteiger partial charge in [-0.3, -0.25) is 9.78 Å². The van der Waals surface area contributed by atoms with Gasteiger partial charge >= 0.3 is 5.97 Å². The van der Waals surface area contributed by atoms with Gasteiger partial charge in [-0.15, -0.1) is 5.10 Å². The second-order valence-electron chi connectivity index (χ2n) is 5.09. The van der Waals surface area contributed by atoms with Crippen LogP contribution in [0, 0.1) is 0 Å². The third-order valence-corrected chi connectivity index (χ3v) is 3.24. The summed E-state index contributed by atoms with van der Waals surface area (Å²) in [5.41, 5.74) is 1.49. The van der Waals surface area contributed by atoms with Crippen molar-refractivity contribution in [3.05, 3.63) is 48.9 Å². The second kappa shape index (κ2) is 8.11. The zero-order valence-electron chi connectivity index (χ0n) is 13.7. The molecule has 0 aliphatic rings. The number of carbonyl (C=O) groups excluding carboxylic acids is 1. The molecule has 1 aromatic carbocycles. The van der Waals surface area contributed by atoms with Gasteiger partial charge in [0, 0.05) is 24.9 Å². The highest BCUT2D eigenvalue weighted by molar-refractivity contribution is 5.65. The molecule has 0 radical (unpaired) electrons. The fourth-order valence-corrected chi connectivity index (χ4v) is 2.15. The maximum atomic E-state index is 10.8. The van der Waals surface area contributed by atoms with E-state index in [9.17, 15) is 4.79 Å². The minimum absolute atomic E-state index is 0.179. The molecule has 0 atom stereocenters. The molecule has 0 N–H and O–H groups in total. The van der Waals surface area contributed by atoms with E-state index in [1.807, 2.05) is 30.3 Å². The fourth-order valence-electron chi connectivity index (χ4n) is 2.15. The average molecular weight is 339 g/mol. The van der Waals surface area contributed by atoms with E-state index in [1.54, 1.807) is 23.3 Å². The molecule has 128 valence electrons. The Kier molecular flexibility index (Phi) is 5.43. The lowest BCUT2D eigenvalue weighted by Gasteiger charge is -2.07. The van der Waals surface area contributed by atoms with Crippen molar-refractivity contribution >= 4 is 5.97 Å². The van der Waals surface area contributed by atoms with Gasteiger partial charge in [-0.25, -0.2) is 14.6 Å². The van der Waals surface area contributed by atoms with Crippen LogP contribution in [0.2, 0.25) is 0 Å². The molecule has 0 amide bonds. The van der Waals surface area contributed by atoms with Crippen molar-refractivity contribution in [3.8, 4) is 22.9 Å². The second-order valence-corrected chi connectivity index (χ2v) is 5.09. The van der Waals surface area contributed by atoms with Gasteiger partial charge in [0.25, 0.3) is 0 Å². The molecular weight excluding hydrogens is 322 g/mol. The average Bonchev–Trinajstić information content (AvgIpc) is 3.07. The summed E-state index contributed by atoms with van der Waals surface area (Å²) in [6.45, 7) is 2.01. The van der Waals surface area contributed by atoms with Crippen LogP contribution < -0.4 is 0 Å². The predicted octanol–water partition coefficient (Wildman–Crippen LogP) is 1.94. The van der Waals surface area contributed by atoms with E-state index in [0.29, 0.717) is 17.3 Å². The molecular formula is C17H17N5O3. The standard InChI is InChI=1S/C17H17N5O3/c1-13(23)25-10-9-24-12-22-17(14-5-3-2-4-6-14)20-16(21-22)15-11-18-7-8-19-15/h2-8,11H,9-10,12H2,1H3. The number of hydrogen-bond acceptors (Lipinski definition) is 7. The van der Waals surface area contributed by atoms with Crippen LogP contribution in [0.1, 0.15) is 6.92 Å². The smallest absolute Gasteiger partial charge is 0.302 e. The Bertz CT molecular complexity index is 821. The molecule has 0 fully saturated rings. The molecule has 8 nitrogen and oxygen atoms in total. The minimum atomic E-state index is -0.334. The molecule has 0 aliphatic carbocycles. The molecule has 8 heteroatoms. The molecule has 3 aromatic rings. The van der Waals surface area contributed by atoms with E-state index >= 15 is 0 Å². The monoisotopic (exact) mass is 339 g/mol. The lowest BCUT2D eigenvalue weighted by Crippen LogP contribution is -2.12. The van der Waals surface area contributed by atoms with Crippen LogP contribution in [-0.4, -0.2) is 43.9 Å². The summed E-state index contributed by atoms with van der Waals surface area (Å²) < 4.78 is 12.0. The molecule has 2 aromatic heterocycles. The summed E-state index contributed by atoms with van der Waals surface area (Å²) in [7, 11) is 0. The zero-order chi connectivity index (χ0) is 17.5. The Morgan fingerprint density at radius 1 is 1.16 bits per heavy atom. The first-order valence-corrected chi connectivity index (χ1v) is 7.72. The summed E-state index contributed by atoms with van der Waals surface area (Å²) in [5, 5.41) is 4.46. The Morgan fingerprint density at radius 3 is 2.72 bits per heavy atom. The Labute approximate surface area is 144 Å². The van der Waals surface area contributed by atoms with E-state index in [-0.39, 0.29) is 25.9 Å². The largest absolute Gasteiger partial charge is 0.463 e. The number of esters is 1. The first-order chi connectivity index (χ1) is 12.2. The van der Waals surface area contributed by atoms with Gasteiger partial charge in [0.05, 0.1) is 12.8 Å². The molecule has 0 bridgehead atoms. The quantitative estimate of drug-likeness (QED) is 0.480. The highest BCUT2D eigenvalue weighted by Gasteiger charge is 2.14. The summed E-state index contributed by atoms with van der Waals surface area (Å²) in [6.07, 6.45) is 4.79. The van der Waals surface area contributed by atoms with Gasteiger partial charge in [-0.2, -0.15) is 0 Å². The Hall–Kier alpha value is -3.13. The van der Waals surface area contributed by atoms with Crippen LogP contribution in [0.15, 0.2) is 48.9 Å². The van der Waals surface area contributed by atoms with Gasteiger partial charge in [-0.1, -0.05) is 30.3 Å². The van der Waals surface area contributed by atoms with Crippen LogP contribution in [-0.2, 0) is 21.0 Å². The van der Waals surface area contributed by atoms with Gasteiger partial charge in [0.2, 0.25) is 5.82 Å². The molecule has 0 aliphatic heterocycles. The molecule has 25 heavy (non-hydrogen) atoms. The first kappa shape index (κ1) is 16.7. The number of benzene rings is 1. The maximum Gasteiger partial charge on any atom is 0.302 e. The van der Waals surface area contributed by atoms with Crippen molar-refractivity contribution in [1.29, 1.82) is 0 Å². The van der Waals surface area contributed by atoms with Crippen molar-refractivity contribution in [3.63, 3.8) is 0 Å². The highest BCUT2D eigenvalue weighted by atomic mass is 16.6. The lowest BCUT2D eigenvalue weighted by atomic mass is 10.2. The normalized spacial score (nSPS) is 10.6. The number of hydrogen-bond donors (Lipinski definition) is 0. The van der Waals surface area contributed by atoms with Crippen molar-refractivity contribution in [2.75, 3.05) is 13.2 Å². The summed E-state index contributed by atoms with van der Waals surface area (Å²) in [6, 6.07) is 9.68. The van der Waals surface area contributed by atoms with Crippen LogP contribution in [0.4, 0.5) is 0 Å². The van der Waals surface area contributed by atoms with E-state index in [0.717, 1.165) is 5.56 Å². The van der Waals surface area contributed by atoms with Crippen LogP contribution in [0.25, 0.3) is 22.9 Å². The number of ether oxygens (including phenoxy) is 2. The first-order valence-electron chi connectivity index (χ1n) is 7.72. The van der Waals surface area contributed by atoms with Gasteiger partial charge in [-0.05, 0) is 0 Å². The van der Waals surface area contributed by atoms with E-state index in [2.05, 4.69) is 20.1 Å². The summed E-state index contributed by atoms with van der Waals surface area (Å²) in [5.74, 6) is 0.795. The van der Waals surface area contributed by atoms with E-state index in [4.69, 9.17) is 9.47 Å². The van der Waals surface area contributed by atoms with E-state index < -0.39 is 0 Å². The molecule has 2 heterocycles. The maximum absolute atomic E-state index is 10.8. The molecule has 0 spiro atoms. The van der Waals surface area contributed by atoms with Gasteiger partial charge in [0.15, 0.2) is 5.82 Å². The Balaban J connectivity index is 1.80. The number of aromatic nitrogens is 5. The molecule has 0 saturated carbocycles. The highest BCUT2D eigenvalue weighted by Crippen LogP contribution is 2.20. The minimum Gasteiger partial charge on any atom is -0.463 e. The lowest BCUT2D eigenvalue weighted by molar-refractivity contribution is -0.142. The number of nitrogens with zero attached hydrogens (tertiary/aromatic N) is 5. The molecule has 0 unspecified atom stereocenters. The predicted molar refractivity (Wildman–Crippen MR) is 89.1 cm³/mol. The van der Waals surface area contributed by atoms with E-state index in [1.165, 1.54) is 6.92 Å². The topological polar surface area (TPSA) is 92.0 Å². The van der Waals surface area contributed by atoms with Gasteiger partial charge in [0.1, 0.15) is 19.0 Å². The summed E-state index contributed by atoms with van der Waals surface area (Å²) >= 11 is 0. The van der Waals surface area contributed by atoms with Crippen LogP contribution in [0.3, 0.4) is 0 Å². The van der Waals surface area contributed by atoms with Gasteiger partial charge < -0.3 is 9.47 Å². The SMILES string of the molecule is CC(=O)OCCOCn1nc(-c2cnccn2)nc1-c1ccccc1. The molecule has 3 rings (SSSR count).